The molecule has 172 valence electrons. The molecule has 0 bridgehead atoms. The van der Waals surface area contributed by atoms with Crippen LogP contribution in [0.2, 0.25) is 0 Å². The molecule has 1 aliphatic carbocycles. The molecule has 0 unspecified atom stereocenters. The van der Waals surface area contributed by atoms with Crippen molar-refractivity contribution in [2.24, 2.45) is 17.6 Å². The number of H-pyrrole nitrogens is 1. The second kappa shape index (κ2) is 8.54. The summed E-state index contributed by atoms with van der Waals surface area (Å²) >= 11 is 0. The number of hydrogen-bond acceptors (Lipinski definition) is 3. The van der Waals surface area contributed by atoms with Crippen molar-refractivity contribution in [1.82, 2.24) is 9.88 Å². The van der Waals surface area contributed by atoms with Gasteiger partial charge < -0.3 is 20.4 Å². The first-order valence-corrected chi connectivity index (χ1v) is 11.4. The Balaban J connectivity index is 1.36. The van der Waals surface area contributed by atoms with Gasteiger partial charge in [0, 0.05) is 47.7 Å². The molecule has 1 atom stereocenters. The van der Waals surface area contributed by atoms with Crippen molar-refractivity contribution in [2.45, 2.75) is 32.6 Å². The predicted octanol–water partition coefficient (Wildman–Crippen LogP) is 4.91. The molecule has 3 N–H and O–H groups in total. The van der Waals surface area contributed by atoms with Crippen LogP contribution in [0.1, 0.15) is 41.3 Å². The van der Waals surface area contributed by atoms with E-state index in [1.165, 1.54) is 31.0 Å². The van der Waals surface area contributed by atoms with E-state index in [2.05, 4.69) is 16.8 Å². The smallest absolute Gasteiger partial charge is 0.249 e. The van der Waals surface area contributed by atoms with Crippen molar-refractivity contribution in [3.63, 3.8) is 0 Å². The quantitative estimate of drug-likeness (QED) is 0.511. The first-order chi connectivity index (χ1) is 15.9. The fourth-order valence-corrected chi connectivity index (χ4v) is 4.73. The van der Waals surface area contributed by atoms with Gasteiger partial charge >= 0.3 is 0 Å². The van der Waals surface area contributed by atoms with Crippen LogP contribution in [0.15, 0.2) is 48.5 Å². The zero-order chi connectivity index (χ0) is 23.1. The number of hydrogen-bond donors (Lipinski definition) is 2. The van der Waals surface area contributed by atoms with Crippen LogP contribution in [0.25, 0.3) is 10.9 Å². The number of fused-ring (bicyclic) bond motifs is 2. The van der Waals surface area contributed by atoms with Crippen molar-refractivity contribution in [1.29, 1.82) is 0 Å². The van der Waals surface area contributed by atoms with Crippen LogP contribution in [0.4, 0.5) is 8.78 Å². The number of aromatic nitrogens is 1. The van der Waals surface area contributed by atoms with E-state index in [1.54, 1.807) is 18.4 Å². The molecule has 2 heterocycles. The normalized spacial score (nSPS) is 16.2. The summed E-state index contributed by atoms with van der Waals surface area (Å²) < 4.78 is 33.7. The van der Waals surface area contributed by atoms with Crippen LogP contribution in [-0.4, -0.2) is 28.9 Å². The molecule has 1 saturated carbocycles. The van der Waals surface area contributed by atoms with Crippen LogP contribution in [0.5, 0.6) is 5.75 Å². The third kappa shape index (κ3) is 4.45. The van der Waals surface area contributed by atoms with E-state index < -0.39 is 11.7 Å². The molecule has 1 aromatic heterocycles. The van der Waals surface area contributed by atoms with Gasteiger partial charge in [-0.2, -0.15) is 0 Å². The monoisotopic (exact) mass is 451 g/mol. The van der Waals surface area contributed by atoms with Crippen LogP contribution >= 0.6 is 0 Å². The van der Waals surface area contributed by atoms with Crippen LogP contribution < -0.4 is 10.5 Å². The number of carbonyl (C=O) groups is 1. The van der Waals surface area contributed by atoms with Gasteiger partial charge in [0.1, 0.15) is 12.1 Å². The molecule has 1 amide bonds. The molecule has 3 aromatic rings. The minimum absolute atomic E-state index is 0.0790. The fraction of sp³-hybridized carbons (Fsp3) is 0.346. The van der Waals surface area contributed by atoms with E-state index in [9.17, 15) is 13.6 Å². The lowest BCUT2D eigenvalue weighted by atomic mass is 9.97. The topological polar surface area (TPSA) is 71.3 Å². The molecule has 1 fully saturated rings. The maximum atomic E-state index is 14.3. The summed E-state index contributed by atoms with van der Waals surface area (Å²) in [5.74, 6) is -0.354. The number of amides is 1. The summed E-state index contributed by atoms with van der Waals surface area (Å²) in [4.78, 5) is 17.4. The Kier molecular flexibility index (Phi) is 5.56. The van der Waals surface area contributed by atoms with Gasteiger partial charge in [0.25, 0.3) is 0 Å². The number of nitrogens with one attached hydrogen (secondary N) is 1. The Hall–Kier alpha value is -3.35. The van der Waals surface area contributed by atoms with E-state index in [1.807, 2.05) is 6.20 Å². The molecule has 1 aliphatic heterocycles. The van der Waals surface area contributed by atoms with Gasteiger partial charge in [-0.15, -0.1) is 0 Å². The molecule has 2 aliphatic rings. The number of primary amides is 1. The maximum absolute atomic E-state index is 14.3. The number of nitrogens with zero attached hydrogens (tertiary/aromatic N) is 1. The minimum atomic E-state index is -0.593. The van der Waals surface area contributed by atoms with Crippen LogP contribution in [0.3, 0.4) is 0 Å². The van der Waals surface area contributed by atoms with Crippen molar-refractivity contribution in [3.05, 3.63) is 76.8 Å². The first kappa shape index (κ1) is 21.5. The molecule has 0 spiro atoms. The lowest BCUT2D eigenvalue weighted by Gasteiger charge is -2.32. The highest BCUT2D eigenvalue weighted by atomic mass is 19.1. The summed E-state index contributed by atoms with van der Waals surface area (Å²) in [5, 5.41) is 0.909. The maximum Gasteiger partial charge on any atom is 0.249 e. The summed E-state index contributed by atoms with van der Waals surface area (Å²) in [6, 6.07) is 7.43. The Morgan fingerprint density at radius 3 is 2.85 bits per heavy atom. The van der Waals surface area contributed by atoms with Crippen LogP contribution in [-0.2, 0) is 12.8 Å². The highest BCUT2D eigenvalue weighted by Crippen LogP contribution is 2.36. The second-order valence-corrected chi connectivity index (χ2v) is 9.33. The average Bonchev–Trinajstić information content (AvgIpc) is 3.53. The fourth-order valence-electron chi connectivity index (χ4n) is 4.73. The predicted molar refractivity (Wildman–Crippen MR) is 123 cm³/mol. The summed E-state index contributed by atoms with van der Waals surface area (Å²) in [5.41, 5.74) is 9.25. The van der Waals surface area contributed by atoms with Gasteiger partial charge in [-0.3, -0.25) is 4.79 Å². The molecule has 0 saturated heterocycles. The van der Waals surface area contributed by atoms with Crippen molar-refractivity contribution >= 4 is 16.8 Å². The number of ether oxygens (including phenoxy) is 1. The third-order valence-electron chi connectivity index (χ3n) is 6.56. The standard InChI is InChI=1S/C26H27F2N3O2/c1-15(8-17-11-30-24-7-4-18(27)9-21(17)24)12-31(13-16-2-3-16)19-10-22-20(26(29)32)5-6-23(28)25(22)33-14-19/h4-7,9,11,14-16,30H,2-3,8,10,12-13H2,1H3,(H2,29,32)/t15-/m0/s1. The number of nitrogens with two attached hydrogens (primary N) is 1. The number of halogens is 2. The lowest BCUT2D eigenvalue weighted by Crippen LogP contribution is -2.33. The van der Waals surface area contributed by atoms with E-state index in [0.717, 1.165) is 41.7 Å². The van der Waals surface area contributed by atoms with Gasteiger partial charge in [0.15, 0.2) is 11.6 Å². The summed E-state index contributed by atoms with van der Waals surface area (Å²) in [7, 11) is 0. The molecular weight excluding hydrogens is 424 g/mol. The molecule has 5 nitrogen and oxygen atoms in total. The van der Waals surface area contributed by atoms with E-state index in [0.29, 0.717) is 17.9 Å². The van der Waals surface area contributed by atoms with Gasteiger partial charge in [-0.25, -0.2) is 8.78 Å². The Morgan fingerprint density at radius 2 is 2.09 bits per heavy atom. The zero-order valence-corrected chi connectivity index (χ0v) is 18.5. The SMILES string of the molecule is C[C@@H](Cc1c[nH]c2ccc(F)cc12)CN(CC1CC1)C1=COc2c(F)ccc(C(N)=O)c2C1. The number of aromatic amines is 1. The number of benzene rings is 2. The van der Waals surface area contributed by atoms with E-state index in [4.69, 9.17) is 10.5 Å². The number of allylic oxidation sites excluding steroid dienone is 1. The Morgan fingerprint density at radius 1 is 1.27 bits per heavy atom. The van der Waals surface area contributed by atoms with Crippen molar-refractivity contribution in [2.75, 3.05) is 13.1 Å². The molecule has 2 aromatic carbocycles. The van der Waals surface area contributed by atoms with Crippen LogP contribution in [0, 0.1) is 23.5 Å². The average molecular weight is 452 g/mol. The minimum Gasteiger partial charge on any atom is -0.460 e. The molecule has 33 heavy (non-hydrogen) atoms. The summed E-state index contributed by atoms with van der Waals surface area (Å²) in [6.07, 6.45) is 7.12. The van der Waals surface area contributed by atoms with E-state index in [-0.39, 0.29) is 23.0 Å². The van der Waals surface area contributed by atoms with Gasteiger partial charge in [0.05, 0.1) is 5.70 Å². The van der Waals surface area contributed by atoms with Gasteiger partial charge in [-0.05, 0) is 67.0 Å². The summed E-state index contributed by atoms with van der Waals surface area (Å²) in [6.45, 7) is 3.83. The number of carbonyl (C=O) groups excluding carboxylic acids is 1. The van der Waals surface area contributed by atoms with Crippen molar-refractivity contribution < 1.29 is 18.3 Å². The highest BCUT2D eigenvalue weighted by molar-refractivity contribution is 5.95. The Bertz CT molecular complexity index is 1250. The van der Waals surface area contributed by atoms with E-state index >= 15 is 0 Å². The van der Waals surface area contributed by atoms with Gasteiger partial charge in [0.2, 0.25) is 5.91 Å². The zero-order valence-electron chi connectivity index (χ0n) is 18.5. The number of rotatable bonds is 8. The largest absolute Gasteiger partial charge is 0.460 e. The van der Waals surface area contributed by atoms with Gasteiger partial charge in [-0.1, -0.05) is 6.92 Å². The third-order valence-corrected chi connectivity index (χ3v) is 6.56. The molecular formula is C26H27F2N3O2. The lowest BCUT2D eigenvalue weighted by molar-refractivity contribution is 0.0998. The molecule has 0 radical (unpaired) electrons. The molecule has 7 heteroatoms. The Labute approximate surface area is 191 Å². The first-order valence-electron chi connectivity index (χ1n) is 11.4. The molecule has 5 rings (SSSR count). The second-order valence-electron chi connectivity index (χ2n) is 9.33. The van der Waals surface area contributed by atoms with Crippen molar-refractivity contribution in [3.8, 4) is 5.75 Å². The highest BCUT2D eigenvalue weighted by Gasteiger charge is 2.30.